The Kier molecular flexibility index (Phi) is 6.26. The summed E-state index contributed by atoms with van der Waals surface area (Å²) in [6, 6.07) is 10.4. The van der Waals surface area contributed by atoms with Gasteiger partial charge in [-0.3, -0.25) is 9.69 Å². The molecule has 1 unspecified atom stereocenters. The van der Waals surface area contributed by atoms with E-state index in [2.05, 4.69) is 26.8 Å². The van der Waals surface area contributed by atoms with E-state index >= 15 is 0 Å². The van der Waals surface area contributed by atoms with Crippen molar-refractivity contribution in [2.75, 3.05) is 32.8 Å². The van der Waals surface area contributed by atoms with E-state index in [9.17, 15) is 9.18 Å². The SMILES string of the molecule is Cc1nn(-c2ccc(F)cc2)c(C)c1C(=O)NCC(c1cccs1)N1CCOCC1. The maximum Gasteiger partial charge on any atom is 0.255 e. The number of rotatable bonds is 6. The Morgan fingerprint density at radius 2 is 1.97 bits per heavy atom. The van der Waals surface area contributed by atoms with Crippen LogP contribution in [0.3, 0.4) is 0 Å². The first-order chi connectivity index (χ1) is 14.5. The van der Waals surface area contributed by atoms with Crippen molar-refractivity contribution in [3.8, 4) is 5.69 Å². The molecule has 8 heteroatoms. The molecular weight excluding hydrogens is 403 g/mol. The molecule has 2 aromatic heterocycles. The van der Waals surface area contributed by atoms with Crippen LogP contribution in [0.1, 0.15) is 32.7 Å². The van der Waals surface area contributed by atoms with E-state index < -0.39 is 0 Å². The standard InChI is InChI=1S/C22H25FN4O2S/c1-15-21(16(2)27(25-15)18-7-5-17(23)6-8-18)22(28)24-14-19(20-4-3-13-30-20)26-9-11-29-12-10-26/h3-8,13,19H,9-12,14H2,1-2H3,(H,24,28). The number of nitrogens with zero attached hydrogens (tertiary/aromatic N) is 3. The maximum atomic E-state index is 13.3. The largest absolute Gasteiger partial charge is 0.379 e. The number of thiophene rings is 1. The molecule has 1 aliphatic heterocycles. The number of amides is 1. The zero-order valence-corrected chi connectivity index (χ0v) is 17.9. The summed E-state index contributed by atoms with van der Waals surface area (Å²) in [6.45, 7) is 7.30. The van der Waals surface area contributed by atoms with Gasteiger partial charge in [-0.1, -0.05) is 6.07 Å². The molecule has 1 aromatic carbocycles. The molecule has 6 nitrogen and oxygen atoms in total. The first-order valence-electron chi connectivity index (χ1n) is 10.00. The zero-order valence-electron chi connectivity index (χ0n) is 17.1. The highest BCUT2D eigenvalue weighted by Crippen LogP contribution is 2.26. The predicted molar refractivity (Wildman–Crippen MR) is 115 cm³/mol. The lowest BCUT2D eigenvalue weighted by Gasteiger charge is -2.34. The fourth-order valence-electron chi connectivity index (χ4n) is 3.86. The van der Waals surface area contributed by atoms with Crippen LogP contribution in [0, 0.1) is 19.7 Å². The van der Waals surface area contributed by atoms with Crippen molar-refractivity contribution >= 4 is 17.2 Å². The van der Waals surface area contributed by atoms with Crippen LogP contribution in [0.2, 0.25) is 0 Å². The van der Waals surface area contributed by atoms with Crippen LogP contribution in [-0.4, -0.2) is 53.4 Å². The van der Waals surface area contributed by atoms with Crippen LogP contribution in [0.15, 0.2) is 41.8 Å². The Balaban J connectivity index is 1.52. The number of morpholine rings is 1. The van der Waals surface area contributed by atoms with Crippen molar-refractivity contribution in [3.63, 3.8) is 0 Å². The van der Waals surface area contributed by atoms with E-state index in [-0.39, 0.29) is 17.8 Å². The highest BCUT2D eigenvalue weighted by molar-refractivity contribution is 7.10. The highest BCUT2D eigenvalue weighted by Gasteiger charge is 2.26. The van der Waals surface area contributed by atoms with Crippen molar-refractivity contribution in [2.45, 2.75) is 19.9 Å². The topological polar surface area (TPSA) is 59.4 Å². The molecule has 0 saturated carbocycles. The third kappa shape index (κ3) is 4.30. The van der Waals surface area contributed by atoms with Crippen LogP contribution in [0.5, 0.6) is 0 Å². The molecule has 1 amide bonds. The van der Waals surface area contributed by atoms with E-state index in [4.69, 9.17) is 4.74 Å². The van der Waals surface area contributed by atoms with Crippen molar-refractivity contribution in [3.05, 3.63) is 69.4 Å². The number of nitrogens with one attached hydrogen (secondary N) is 1. The monoisotopic (exact) mass is 428 g/mol. The average Bonchev–Trinajstić information content (AvgIpc) is 3.38. The molecule has 1 N–H and O–H groups in total. The molecule has 3 heterocycles. The maximum absolute atomic E-state index is 13.3. The minimum Gasteiger partial charge on any atom is -0.379 e. The number of aromatic nitrogens is 2. The number of hydrogen-bond acceptors (Lipinski definition) is 5. The normalized spacial score (nSPS) is 15.8. The predicted octanol–water partition coefficient (Wildman–Crippen LogP) is 3.49. The van der Waals surface area contributed by atoms with E-state index in [1.807, 2.05) is 19.9 Å². The molecule has 1 fully saturated rings. The molecule has 0 spiro atoms. The molecule has 1 saturated heterocycles. The van der Waals surface area contributed by atoms with Gasteiger partial charge in [-0.05, 0) is 49.6 Å². The third-order valence-electron chi connectivity index (χ3n) is 5.40. The second-order valence-electron chi connectivity index (χ2n) is 7.32. The number of aryl methyl sites for hydroxylation is 1. The second-order valence-corrected chi connectivity index (χ2v) is 8.30. The molecule has 158 valence electrons. The molecule has 3 aromatic rings. The summed E-state index contributed by atoms with van der Waals surface area (Å²) in [4.78, 5) is 16.7. The lowest BCUT2D eigenvalue weighted by atomic mass is 10.1. The molecule has 1 atom stereocenters. The quantitative estimate of drug-likeness (QED) is 0.653. The number of carbonyl (C=O) groups is 1. The Bertz CT molecular complexity index is 995. The smallest absolute Gasteiger partial charge is 0.255 e. The van der Waals surface area contributed by atoms with E-state index in [0.29, 0.717) is 31.0 Å². The Morgan fingerprint density at radius 1 is 1.23 bits per heavy atom. The molecule has 30 heavy (non-hydrogen) atoms. The van der Waals surface area contributed by atoms with Gasteiger partial charge in [0.05, 0.1) is 41.9 Å². The lowest BCUT2D eigenvalue weighted by molar-refractivity contribution is 0.0169. The van der Waals surface area contributed by atoms with Crippen molar-refractivity contribution < 1.29 is 13.9 Å². The molecule has 4 rings (SSSR count). The van der Waals surface area contributed by atoms with Gasteiger partial charge in [-0.2, -0.15) is 5.10 Å². The summed E-state index contributed by atoms with van der Waals surface area (Å²) in [5, 5.41) is 9.68. The zero-order chi connectivity index (χ0) is 21.1. The summed E-state index contributed by atoms with van der Waals surface area (Å²) in [6.07, 6.45) is 0. The summed E-state index contributed by atoms with van der Waals surface area (Å²) in [5.41, 5.74) is 2.66. The minimum absolute atomic E-state index is 0.116. The second kappa shape index (κ2) is 9.07. The van der Waals surface area contributed by atoms with Crippen LogP contribution in [0.25, 0.3) is 5.69 Å². The fraction of sp³-hybridized carbons (Fsp3) is 0.364. The van der Waals surface area contributed by atoms with E-state index in [0.717, 1.165) is 24.5 Å². The summed E-state index contributed by atoms with van der Waals surface area (Å²) in [5.74, 6) is -0.450. The molecule has 0 aliphatic carbocycles. The fourth-order valence-corrected chi connectivity index (χ4v) is 4.72. The van der Waals surface area contributed by atoms with Gasteiger partial charge < -0.3 is 10.1 Å². The van der Waals surface area contributed by atoms with Gasteiger partial charge in [0.2, 0.25) is 0 Å². The molecule has 1 aliphatic rings. The van der Waals surface area contributed by atoms with Crippen LogP contribution in [0.4, 0.5) is 4.39 Å². The summed E-state index contributed by atoms with van der Waals surface area (Å²) >= 11 is 1.70. The van der Waals surface area contributed by atoms with Crippen LogP contribution >= 0.6 is 11.3 Å². The van der Waals surface area contributed by atoms with Gasteiger partial charge in [-0.15, -0.1) is 11.3 Å². The van der Waals surface area contributed by atoms with Crippen LogP contribution < -0.4 is 5.32 Å². The van der Waals surface area contributed by atoms with Crippen molar-refractivity contribution in [2.24, 2.45) is 0 Å². The lowest BCUT2D eigenvalue weighted by Crippen LogP contribution is -2.43. The van der Waals surface area contributed by atoms with Gasteiger partial charge in [0.15, 0.2) is 0 Å². The number of hydrogen-bond donors (Lipinski definition) is 1. The van der Waals surface area contributed by atoms with Crippen molar-refractivity contribution in [1.82, 2.24) is 20.0 Å². The molecule has 0 radical (unpaired) electrons. The number of ether oxygens (including phenoxy) is 1. The van der Waals surface area contributed by atoms with Gasteiger partial charge in [0.1, 0.15) is 5.82 Å². The van der Waals surface area contributed by atoms with Gasteiger partial charge in [0, 0.05) is 24.5 Å². The van der Waals surface area contributed by atoms with Crippen LogP contribution in [-0.2, 0) is 4.74 Å². The summed E-state index contributed by atoms with van der Waals surface area (Å²) in [7, 11) is 0. The molecular formula is C22H25FN4O2S. The van der Waals surface area contributed by atoms with Gasteiger partial charge >= 0.3 is 0 Å². The Morgan fingerprint density at radius 3 is 2.63 bits per heavy atom. The Hall–Kier alpha value is -2.55. The van der Waals surface area contributed by atoms with E-state index in [1.54, 1.807) is 28.2 Å². The minimum atomic E-state index is -0.305. The first-order valence-corrected chi connectivity index (χ1v) is 10.9. The third-order valence-corrected chi connectivity index (χ3v) is 6.38. The van der Waals surface area contributed by atoms with E-state index in [1.165, 1.54) is 17.0 Å². The van der Waals surface area contributed by atoms with Crippen molar-refractivity contribution in [1.29, 1.82) is 0 Å². The first kappa shape index (κ1) is 20.7. The number of benzene rings is 1. The number of halogens is 1. The molecule has 0 bridgehead atoms. The van der Waals surface area contributed by atoms with Gasteiger partial charge in [0.25, 0.3) is 5.91 Å². The Labute approximate surface area is 179 Å². The average molecular weight is 429 g/mol. The number of carbonyl (C=O) groups excluding carboxylic acids is 1. The highest BCUT2D eigenvalue weighted by atomic mass is 32.1. The van der Waals surface area contributed by atoms with Gasteiger partial charge in [-0.25, -0.2) is 9.07 Å². The summed E-state index contributed by atoms with van der Waals surface area (Å²) < 4.78 is 20.4.